The maximum atomic E-state index is 12.0. The number of hydrogen-bond donors (Lipinski definition) is 1. The van der Waals surface area contributed by atoms with Crippen molar-refractivity contribution in [2.45, 2.75) is 18.9 Å². The zero-order valence-electron chi connectivity index (χ0n) is 10.2. The lowest BCUT2D eigenvalue weighted by atomic mass is 10.2. The van der Waals surface area contributed by atoms with Crippen molar-refractivity contribution in [1.29, 1.82) is 5.26 Å². The molecule has 19 heavy (non-hydrogen) atoms. The van der Waals surface area contributed by atoms with Gasteiger partial charge in [0, 0.05) is 11.0 Å². The monoisotopic (exact) mass is 341 g/mol. The van der Waals surface area contributed by atoms with Crippen LogP contribution < -0.4 is 10.2 Å². The number of nitrogens with zero attached hydrogens (tertiary/aromatic N) is 2. The first kappa shape index (κ1) is 14.2. The van der Waals surface area contributed by atoms with Gasteiger partial charge < -0.3 is 10.2 Å². The molecular weight excluding hydrogens is 330 g/mol. The van der Waals surface area contributed by atoms with Crippen molar-refractivity contribution in [2.24, 2.45) is 0 Å². The van der Waals surface area contributed by atoms with Crippen molar-refractivity contribution >= 4 is 39.1 Å². The highest BCUT2D eigenvalue weighted by Crippen LogP contribution is 2.34. The summed E-state index contributed by atoms with van der Waals surface area (Å²) in [5.41, 5.74) is 0.852. The van der Waals surface area contributed by atoms with Gasteiger partial charge in [-0.2, -0.15) is 5.26 Å². The van der Waals surface area contributed by atoms with Crippen molar-refractivity contribution in [2.75, 3.05) is 18.0 Å². The van der Waals surface area contributed by atoms with E-state index in [-0.39, 0.29) is 18.5 Å². The van der Waals surface area contributed by atoms with E-state index in [1.54, 1.807) is 0 Å². The molecule has 2 rings (SSSR count). The van der Waals surface area contributed by atoms with E-state index in [1.165, 1.54) is 0 Å². The molecule has 1 aromatic rings. The molecule has 0 spiro atoms. The minimum absolute atomic E-state index is 0.0371. The van der Waals surface area contributed by atoms with Gasteiger partial charge in [-0.3, -0.25) is 4.79 Å². The summed E-state index contributed by atoms with van der Waals surface area (Å²) < 4.78 is 0.926. The van der Waals surface area contributed by atoms with Crippen LogP contribution in [-0.4, -0.2) is 25.0 Å². The van der Waals surface area contributed by atoms with Crippen molar-refractivity contribution in [3.8, 4) is 6.07 Å². The Morgan fingerprint density at radius 2 is 2.42 bits per heavy atom. The number of rotatable bonds is 3. The lowest BCUT2D eigenvalue weighted by molar-refractivity contribution is -0.121. The van der Waals surface area contributed by atoms with Gasteiger partial charge in [-0.1, -0.05) is 27.5 Å². The summed E-state index contributed by atoms with van der Waals surface area (Å²) in [6.45, 7) is 0.830. The maximum Gasteiger partial charge on any atom is 0.243 e. The van der Waals surface area contributed by atoms with Crippen molar-refractivity contribution in [1.82, 2.24) is 5.32 Å². The summed E-state index contributed by atoms with van der Waals surface area (Å²) in [7, 11) is 0. The molecule has 1 aliphatic rings. The Morgan fingerprint density at radius 3 is 3.16 bits per heavy atom. The minimum atomic E-state index is -0.250. The molecular formula is C13H13BrClN3O. The van der Waals surface area contributed by atoms with Crippen molar-refractivity contribution in [3.05, 3.63) is 27.7 Å². The first-order valence-electron chi connectivity index (χ1n) is 6.00. The number of amides is 1. The van der Waals surface area contributed by atoms with Crippen LogP contribution in [0.1, 0.15) is 12.8 Å². The van der Waals surface area contributed by atoms with E-state index in [0.29, 0.717) is 5.02 Å². The first-order chi connectivity index (χ1) is 9.13. The summed E-state index contributed by atoms with van der Waals surface area (Å²) in [6.07, 6.45) is 1.72. The molecule has 100 valence electrons. The highest BCUT2D eigenvalue weighted by molar-refractivity contribution is 9.10. The molecule has 0 saturated carbocycles. The fourth-order valence-corrected chi connectivity index (χ4v) is 2.85. The summed E-state index contributed by atoms with van der Waals surface area (Å²) in [5, 5.41) is 11.8. The number of hydrogen-bond acceptors (Lipinski definition) is 3. The number of benzene rings is 1. The van der Waals surface area contributed by atoms with Gasteiger partial charge in [0.05, 0.1) is 16.8 Å². The molecule has 1 amide bonds. The second kappa shape index (κ2) is 6.27. The van der Waals surface area contributed by atoms with E-state index in [2.05, 4.69) is 21.2 Å². The van der Waals surface area contributed by atoms with Crippen LogP contribution in [-0.2, 0) is 4.79 Å². The van der Waals surface area contributed by atoms with Gasteiger partial charge in [0.1, 0.15) is 12.6 Å². The van der Waals surface area contributed by atoms with Gasteiger partial charge in [-0.25, -0.2) is 0 Å². The zero-order valence-corrected chi connectivity index (χ0v) is 12.5. The maximum absolute atomic E-state index is 12.0. The largest absolute Gasteiger partial charge is 0.358 e. The average molecular weight is 343 g/mol. The quantitative estimate of drug-likeness (QED) is 0.859. The fraction of sp³-hybridized carbons (Fsp3) is 0.385. The van der Waals surface area contributed by atoms with Crippen LogP contribution >= 0.6 is 27.5 Å². The molecule has 6 heteroatoms. The third-order valence-corrected chi connectivity index (χ3v) is 3.93. The molecule has 1 fully saturated rings. The SMILES string of the molecule is N#CCNC(=O)[C@H]1CCCN1c1cc(Br)ccc1Cl. The summed E-state index contributed by atoms with van der Waals surface area (Å²) >= 11 is 9.62. The van der Waals surface area contributed by atoms with E-state index < -0.39 is 0 Å². The molecule has 1 aromatic carbocycles. The average Bonchev–Trinajstić information content (AvgIpc) is 2.88. The molecule has 0 aromatic heterocycles. The van der Waals surface area contributed by atoms with Gasteiger partial charge in [0.2, 0.25) is 5.91 Å². The van der Waals surface area contributed by atoms with Gasteiger partial charge in [0.15, 0.2) is 0 Å². The standard InChI is InChI=1S/C13H13BrClN3O/c14-9-3-4-10(15)12(8-9)18-7-1-2-11(18)13(19)17-6-5-16/h3-4,8,11H,1-2,6-7H2,(H,17,19)/t11-/m1/s1. The van der Waals surface area contributed by atoms with Crippen LogP contribution in [0.2, 0.25) is 5.02 Å². The Balaban J connectivity index is 2.21. The molecule has 1 heterocycles. The number of carbonyl (C=O) groups excluding carboxylic acids is 1. The van der Waals surface area contributed by atoms with Gasteiger partial charge >= 0.3 is 0 Å². The molecule has 1 saturated heterocycles. The first-order valence-corrected chi connectivity index (χ1v) is 7.17. The smallest absolute Gasteiger partial charge is 0.243 e. The number of nitrogens with one attached hydrogen (secondary N) is 1. The predicted molar refractivity (Wildman–Crippen MR) is 78.1 cm³/mol. The van der Waals surface area contributed by atoms with E-state index in [1.807, 2.05) is 29.2 Å². The number of carbonyl (C=O) groups is 1. The zero-order chi connectivity index (χ0) is 13.8. The Morgan fingerprint density at radius 1 is 1.63 bits per heavy atom. The van der Waals surface area contributed by atoms with Crippen LogP contribution in [0.15, 0.2) is 22.7 Å². The van der Waals surface area contributed by atoms with E-state index in [4.69, 9.17) is 16.9 Å². The summed E-state index contributed by atoms with van der Waals surface area (Å²) in [5.74, 6) is -0.116. The van der Waals surface area contributed by atoms with Crippen molar-refractivity contribution < 1.29 is 4.79 Å². The highest BCUT2D eigenvalue weighted by Gasteiger charge is 2.31. The molecule has 1 atom stereocenters. The van der Waals surface area contributed by atoms with Crippen LogP contribution in [0.5, 0.6) is 0 Å². The van der Waals surface area contributed by atoms with E-state index in [0.717, 1.165) is 29.5 Å². The normalized spacial score (nSPS) is 18.2. The van der Waals surface area contributed by atoms with Crippen LogP contribution in [0.4, 0.5) is 5.69 Å². The topological polar surface area (TPSA) is 56.1 Å². The number of nitriles is 1. The summed E-state index contributed by atoms with van der Waals surface area (Å²) in [6, 6.07) is 7.25. The Hall–Kier alpha value is -1.25. The van der Waals surface area contributed by atoms with Gasteiger partial charge in [0.25, 0.3) is 0 Å². The number of halogens is 2. The number of anilines is 1. The molecule has 0 bridgehead atoms. The molecule has 0 unspecified atom stereocenters. The minimum Gasteiger partial charge on any atom is -0.358 e. The van der Waals surface area contributed by atoms with Crippen LogP contribution in [0, 0.1) is 11.3 Å². The Labute approximate surface area is 125 Å². The van der Waals surface area contributed by atoms with E-state index in [9.17, 15) is 4.79 Å². The predicted octanol–water partition coefficient (Wildman–Crippen LogP) is 2.71. The Bertz CT molecular complexity index is 529. The highest BCUT2D eigenvalue weighted by atomic mass is 79.9. The second-order valence-electron chi connectivity index (χ2n) is 4.32. The van der Waals surface area contributed by atoms with Gasteiger partial charge in [-0.05, 0) is 31.0 Å². The molecule has 1 N–H and O–H groups in total. The second-order valence-corrected chi connectivity index (χ2v) is 5.65. The summed E-state index contributed by atoms with van der Waals surface area (Å²) in [4.78, 5) is 14.0. The molecule has 1 aliphatic heterocycles. The molecule has 0 radical (unpaired) electrons. The third-order valence-electron chi connectivity index (χ3n) is 3.11. The van der Waals surface area contributed by atoms with Crippen LogP contribution in [0.3, 0.4) is 0 Å². The lowest BCUT2D eigenvalue weighted by Crippen LogP contribution is -2.43. The molecule has 0 aliphatic carbocycles. The third kappa shape index (κ3) is 3.20. The van der Waals surface area contributed by atoms with Gasteiger partial charge in [-0.15, -0.1) is 0 Å². The molecule has 4 nitrogen and oxygen atoms in total. The Kier molecular flexibility index (Phi) is 4.67. The van der Waals surface area contributed by atoms with E-state index >= 15 is 0 Å². The van der Waals surface area contributed by atoms with Crippen molar-refractivity contribution in [3.63, 3.8) is 0 Å². The fourth-order valence-electron chi connectivity index (χ4n) is 2.28. The van der Waals surface area contributed by atoms with Crippen LogP contribution in [0.25, 0.3) is 0 Å². The lowest BCUT2D eigenvalue weighted by Gasteiger charge is -2.26.